The molecule has 0 fully saturated rings. The van der Waals surface area contributed by atoms with E-state index in [0.29, 0.717) is 0 Å². The van der Waals surface area contributed by atoms with Gasteiger partial charge in [-0.2, -0.15) is 0 Å². The maximum atomic E-state index is 4.39. The van der Waals surface area contributed by atoms with E-state index in [4.69, 9.17) is 0 Å². The molecule has 0 spiro atoms. The molecule has 0 bridgehead atoms. The monoisotopic (exact) mass is 241 g/mol. The van der Waals surface area contributed by atoms with E-state index < -0.39 is 0 Å². The summed E-state index contributed by atoms with van der Waals surface area (Å²) in [5, 5.41) is 3.28. The third kappa shape index (κ3) is 3.14. The molecule has 2 aromatic rings. The van der Waals surface area contributed by atoms with Crippen molar-refractivity contribution < 1.29 is 0 Å². The molecule has 3 nitrogen and oxygen atoms in total. The summed E-state index contributed by atoms with van der Waals surface area (Å²) < 4.78 is 0. The molecule has 18 heavy (non-hydrogen) atoms. The molecule has 1 heterocycles. The lowest BCUT2D eigenvalue weighted by atomic mass is 10.0. The average molecular weight is 241 g/mol. The van der Waals surface area contributed by atoms with Gasteiger partial charge < -0.3 is 5.32 Å². The highest BCUT2D eigenvalue weighted by atomic mass is 15.0. The van der Waals surface area contributed by atoms with Crippen LogP contribution in [0.3, 0.4) is 0 Å². The van der Waals surface area contributed by atoms with E-state index in [2.05, 4.69) is 46.5 Å². The zero-order valence-electron chi connectivity index (χ0n) is 11.1. The highest BCUT2D eigenvalue weighted by molar-refractivity contribution is 5.23. The molecule has 1 unspecified atom stereocenters. The van der Waals surface area contributed by atoms with E-state index >= 15 is 0 Å². The van der Waals surface area contributed by atoms with Gasteiger partial charge in [-0.3, -0.25) is 0 Å². The Morgan fingerprint density at radius 1 is 1.11 bits per heavy atom. The highest BCUT2D eigenvalue weighted by Gasteiger charge is 2.12. The molecule has 1 aromatic heterocycles. The Morgan fingerprint density at radius 3 is 2.44 bits per heavy atom. The van der Waals surface area contributed by atoms with Gasteiger partial charge in [-0.25, -0.2) is 9.97 Å². The minimum Gasteiger partial charge on any atom is -0.310 e. The number of aromatic nitrogens is 2. The number of benzene rings is 1. The predicted octanol–water partition coefficient (Wildman–Crippen LogP) is 2.60. The lowest BCUT2D eigenvalue weighted by molar-refractivity contribution is 0.556. The second kappa shape index (κ2) is 5.74. The summed E-state index contributed by atoms with van der Waals surface area (Å²) in [5.41, 5.74) is 3.68. The normalized spacial score (nSPS) is 12.4. The average Bonchev–Trinajstić information content (AvgIpc) is 2.37. The van der Waals surface area contributed by atoms with Gasteiger partial charge in [0.25, 0.3) is 0 Å². The van der Waals surface area contributed by atoms with Crippen LogP contribution in [0.5, 0.6) is 0 Å². The molecular formula is C15H19N3. The Kier molecular flexibility index (Phi) is 4.05. The van der Waals surface area contributed by atoms with E-state index in [-0.39, 0.29) is 6.04 Å². The number of nitrogens with one attached hydrogen (secondary N) is 1. The summed E-state index contributed by atoms with van der Waals surface area (Å²) in [6.45, 7) is 4.11. The standard InChI is InChI=1S/C15H19N3/c1-11-5-4-6-13(7-11)8-14(16-3)15-17-9-12(2)10-18-15/h4-7,9-10,14,16H,8H2,1-3H3. The molecule has 94 valence electrons. The molecule has 0 aliphatic heterocycles. The van der Waals surface area contributed by atoms with Crippen molar-refractivity contribution in [3.8, 4) is 0 Å². The summed E-state index contributed by atoms with van der Waals surface area (Å²) in [6, 6.07) is 8.71. The van der Waals surface area contributed by atoms with Gasteiger partial charge in [0.15, 0.2) is 0 Å². The molecule has 0 saturated heterocycles. The van der Waals surface area contributed by atoms with E-state index in [1.54, 1.807) is 0 Å². The molecule has 3 heteroatoms. The second-order valence-electron chi connectivity index (χ2n) is 4.65. The molecular weight excluding hydrogens is 222 g/mol. The predicted molar refractivity (Wildman–Crippen MR) is 73.5 cm³/mol. The molecule has 0 aliphatic carbocycles. The Bertz CT molecular complexity index is 505. The maximum absolute atomic E-state index is 4.39. The van der Waals surface area contributed by atoms with Crippen molar-refractivity contribution in [3.05, 3.63) is 59.2 Å². The molecule has 1 atom stereocenters. The Labute approximate surface area is 108 Å². The van der Waals surface area contributed by atoms with Gasteiger partial charge in [0.1, 0.15) is 5.82 Å². The first-order valence-corrected chi connectivity index (χ1v) is 6.20. The molecule has 1 aromatic carbocycles. The molecule has 1 N–H and O–H groups in total. The van der Waals surface area contributed by atoms with Crippen molar-refractivity contribution in [1.82, 2.24) is 15.3 Å². The van der Waals surface area contributed by atoms with Crippen LogP contribution in [-0.4, -0.2) is 17.0 Å². The van der Waals surface area contributed by atoms with Gasteiger partial charge in [-0.15, -0.1) is 0 Å². The first-order valence-electron chi connectivity index (χ1n) is 6.20. The van der Waals surface area contributed by atoms with Crippen LogP contribution < -0.4 is 5.32 Å². The molecule has 2 rings (SSSR count). The maximum Gasteiger partial charge on any atom is 0.145 e. The van der Waals surface area contributed by atoms with E-state index in [1.165, 1.54) is 11.1 Å². The van der Waals surface area contributed by atoms with E-state index in [9.17, 15) is 0 Å². The van der Waals surface area contributed by atoms with Gasteiger partial charge in [-0.1, -0.05) is 29.8 Å². The fraction of sp³-hybridized carbons (Fsp3) is 0.333. The Morgan fingerprint density at radius 2 is 1.83 bits per heavy atom. The summed E-state index contributed by atoms with van der Waals surface area (Å²) >= 11 is 0. The molecule has 0 amide bonds. The first kappa shape index (κ1) is 12.7. The van der Waals surface area contributed by atoms with Crippen LogP contribution in [0.1, 0.15) is 28.6 Å². The van der Waals surface area contributed by atoms with Crippen molar-refractivity contribution in [2.45, 2.75) is 26.3 Å². The van der Waals surface area contributed by atoms with Crippen LogP contribution in [0.4, 0.5) is 0 Å². The molecule has 0 saturated carbocycles. The molecule has 0 radical (unpaired) electrons. The summed E-state index contributed by atoms with van der Waals surface area (Å²) in [4.78, 5) is 8.79. The van der Waals surface area contributed by atoms with Crippen molar-refractivity contribution in [2.75, 3.05) is 7.05 Å². The van der Waals surface area contributed by atoms with Crippen molar-refractivity contribution in [2.24, 2.45) is 0 Å². The van der Waals surface area contributed by atoms with Gasteiger partial charge in [-0.05, 0) is 38.4 Å². The largest absolute Gasteiger partial charge is 0.310 e. The first-order chi connectivity index (χ1) is 8.69. The van der Waals surface area contributed by atoms with Crippen LogP contribution in [0.15, 0.2) is 36.7 Å². The second-order valence-corrected chi connectivity index (χ2v) is 4.65. The minimum absolute atomic E-state index is 0.160. The van der Waals surface area contributed by atoms with Crippen molar-refractivity contribution >= 4 is 0 Å². The minimum atomic E-state index is 0.160. The zero-order valence-corrected chi connectivity index (χ0v) is 11.1. The number of aryl methyl sites for hydroxylation is 2. The van der Waals surface area contributed by atoms with Crippen LogP contribution in [0.25, 0.3) is 0 Å². The number of nitrogens with zero attached hydrogens (tertiary/aromatic N) is 2. The summed E-state index contributed by atoms with van der Waals surface area (Å²) in [7, 11) is 1.95. The topological polar surface area (TPSA) is 37.8 Å². The fourth-order valence-corrected chi connectivity index (χ4v) is 1.98. The quantitative estimate of drug-likeness (QED) is 0.894. The van der Waals surface area contributed by atoms with Gasteiger partial charge in [0.05, 0.1) is 6.04 Å². The summed E-state index contributed by atoms with van der Waals surface area (Å²) in [6.07, 6.45) is 4.63. The Balaban J connectivity index is 2.17. The van der Waals surface area contributed by atoms with Crippen LogP contribution in [-0.2, 0) is 6.42 Å². The highest BCUT2D eigenvalue weighted by Crippen LogP contribution is 2.15. The van der Waals surface area contributed by atoms with Gasteiger partial charge in [0.2, 0.25) is 0 Å². The number of hydrogen-bond donors (Lipinski definition) is 1. The number of hydrogen-bond acceptors (Lipinski definition) is 3. The van der Waals surface area contributed by atoms with Gasteiger partial charge in [0, 0.05) is 12.4 Å². The van der Waals surface area contributed by atoms with E-state index in [1.807, 2.05) is 26.4 Å². The van der Waals surface area contributed by atoms with E-state index in [0.717, 1.165) is 17.8 Å². The number of likely N-dealkylation sites (N-methyl/N-ethyl adjacent to an activating group) is 1. The number of rotatable bonds is 4. The summed E-state index contributed by atoms with van der Waals surface area (Å²) in [5.74, 6) is 0.851. The van der Waals surface area contributed by atoms with Crippen LogP contribution >= 0.6 is 0 Å². The third-order valence-corrected chi connectivity index (χ3v) is 2.98. The third-order valence-electron chi connectivity index (χ3n) is 2.98. The molecule has 0 aliphatic rings. The Hall–Kier alpha value is -1.74. The van der Waals surface area contributed by atoms with Gasteiger partial charge >= 0.3 is 0 Å². The lowest BCUT2D eigenvalue weighted by Gasteiger charge is -2.15. The lowest BCUT2D eigenvalue weighted by Crippen LogP contribution is -2.21. The SMILES string of the molecule is CNC(Cc1cccc(C)c1)c1ncc(C)cn1. The van der Waals surface area contributed by atoms with Crippen molar-refractivity contribution in [1.29, 1.82) is 0 Å². The zero-order chi connectivity index (χ0) is 13.0. The van der Waals surface area contributed by atoms with Crippen LogP contribution in [0, 0.1) is 13.8 Å². The smallest absolute Gasteiger partial charge is 0.145 e. The van der Waals surface area contributed by atoms with Crippen LogP contribution in [0.2, 0.25) is 0 Å². The fourth-order valence-electron chi connectivity index (χ4n) is 1.98. The van der Waals surface area contributed by atoms with Crippen molar-refractivity contribution in [3.63, 3.8) is 0 Å².